The van der Waals surface area contributed by atoms with Crippen molar-refractivity contribution in [1.29, 1.82) is 0 Å². The minimum atomic E-state index is -0.738. The lowest BCUT2D eigenvalue weighted by atomic mass is 9.93. The molecule has 4 atom stereocenters. The first-order chi connectivity index (χ1) is 14.4. The number of carbonyl (C=O) groups is 4. The smallest absolute Gasteiger partial charge is 0.329 e. The molecule has 0 spiro atoms. The van der Waals surface area contributed by atoms with E-state index in [1.807, 2.05) is 0 Å². The molecule has 1 aliphatic heterocycles. The molecule has 0 aromatic heterocycles. The zero-order valence-corrected chi connectivity index (χ0v) is 16.9. The average Bonchev–Trinajstić information content (AvgIpc) is 3.39. The third-order valence-electron chi connectivity index (χ3n) is 6.08. The van der Waals surface area contributed by atoms with E-state index in [0.29, 0.717) is 35.7 Å². The molecule has 1 saturated heterocycles. The molecule has 4 rings (SSSR count). The maximum Gasteiger partial charge on any atom is 0.329 e. The summed E-state index contributed by atoms with van der Waals surface area (Å²) in [5, 5.41) is 8.26. The van der Waals surface area contributed by atoms with Crippen LogP contribution in [-0.2, 0) is 14.4 Å². The lowest BCUT2D eigenvalue weighted by Gasteiger charge is -2.18. The maximum absolute atomic E-state index is 12.7. The third kappa shape index (κ3) is 4.22. The molecule has 1 aromatic carbocycles. The van der Waals surface area contributed by atoms with Crippen molar-refractivity contribution < 1.29 is 19.2 Å². The fourth-order valence-corrected chi connectivity index (χ4v) is 4.64. The Morgan fingerprint density at radius 2 is 2.03 bits per heavy atom. The summed E-state index contributed by atoms with van der Waals surface area (Å²) in [5.74, 6) is 1.00. The quantitative estimate of drug-likeness (QED) is 0.473. The number of benzene rings is 1. The highest BCUT2D eigenvalue weighted by atomic mass is 16.2. The first kappa shape index (κ1) is 20.1. The molecule has 8 nitrogen and oxygen atoms in total. The third-order valence-corrected chi connectivity index (χ3v) is 6.08. The molecule has 4 unspecified atom stereocenters. The molecule has 8 heteroatoms. The molecule has 5 amide bonds. The monoisotopic (exact) mass is 410 g/mol. The van der Waals surface area contributed by atoms with Crippen molar-refractivity contribution >= 4 is 35.1 Å². The minimum absolute atomic E-state index is 0.102. The standard InChI is InChI=1S/C22H26N4O4/c1-13(27)24-17-3-2-4-18(11-17)26-21(29)19(25-22(26)30)7-8-20(28)23-12-16-10-14-5-6-15(16)9-14/h2-6,11,14-16,19H,7-10,12H2,1H3,(H,23,28)(H,24,27)(H,25,30). The predicted octanol–water partition coefficient (Wildman–Crippen LogP) is 2.18. The molecule has 1 aromatic rings. The highest BCUT2D eigenvalue weighted by molar-refractivity contribution is 6.21. The number of imide groups is 1. The zero-order chi connectivity index (χ0) is 21.3. The Balaban J connectivity index is 1.29. The fraction of sp³-hybridized carbons (Fsp3) is 0.455. The Kier molecular flexibility index (Phi) is 5.57. The van der Waals surface area contributed by atoms with Gasteiger partial charge in [0.2, 0.25) is 11.8 Å². The molecule has 2 fully saturated rings. The normalized spacial score (nSPS) is 26.8. The summed E-state index contributed by atoms with van der Waals surface area (Å²) in [6.07, 6.45) is 7.28. The lowest BCUT2D eigenvalue weighted by molar-refractivity contribution is -0.122. The van der Waals surface area contributed by atoms with Gasteiger partial charge in [-0.3, -0.25) is 14.4 Å². The lowest BCUT2D eigenvalue weighted by Crippen LogP contribution is -2.34. The maximum atomic E-state index is 12.7. The number of carbonyl (C=O) groups excluding carboxylic acids is 4. The molecule has 1 saturated carbocycles. The van der Waals surface area contributed by atoms with E-state index in [1.54, 1.807) is 24.3 Å². The van der Waals surface area contributed by atoms with Gasteiger partial charge >= 0.3 is 6.03 Å². The molecule has 2 bridgehead atoms. The summed E-state index contributed by atoms with van der Waals surface area (Å²) in [4.78, 5) is 49.6. The molecular formula is C22H26N4O4. The number of urea groups is 1. The van der Waals surface area contributed by atoms with Crippen molar-refractivity contribution in [2.75, 3.05) is 16.8 Å². The van der Waals surface area contributed by atoms with Gasteiger partial charge in [-0.15, -0.1) is 0 Å². The van der Waals surface area contributed by atoms with Crippen LogP contribution in [0.4, 0.5) is 16.2 Å². The van der Waals surface area contributed by atoms with Gasteiger partial charge in [0.05, 0.1) is 5.69 Å². The summed E-state index contributed by atoms with van der Waals surface area (Å²) in [6.45, 7) is 2.05. The van der Waals surface area contributed by atoms with E-state index in [1.165, 1.54) is 13.3 Å². The van der Waals surface area contributed by atoms with Gasteiger partial charge in [-0.25, -0.2) is 9.69 Å². The molecule has 3 aliphatic rings. The van der Waals surface area contributed by atoms with Gasteiger partial charge in [0.15, 0.2) is 0 Å². The van der Waals surface area contributed by atoms with E-state index in [9.17, 15) is 19.2 Å². The van der Waals surface area contributed by atoms with Crippen molar-refractivity contribution in [2.24, 2.45) is 17.8 Å². The van der Waals surface area contributed by atoms with E-state index in [0.717, 1.165) is 11.3 Å². The topological polar surface area (TPSA) is 108 Å². The largest absolute Gasteiger partial charge is 0.356 e. The first-order valence-corrected chi connectivity index (χ1v) is 10.4. The van der Waals surface area contributed by atoms with Crippen LogP contribution in [0.3, 0.4) is 0 Å². The Morgan fingerprint density at radius 3 is 2.73 bits per heavy atom. The number of amides is 5. The Morgan fingerprint density at radius 1 is 1.20 bits per heavy atom. The van der Waals surface area contributed by atoms with Crippen molar-refractivity contribution in [3.63, 3.8) is 0 Å². The number of hydrogen-bond acceptors (Lipinski definition) is 4. The molecular weight excluding hydrogens is 384 g/mol. The second kappa shape index (κ2) is 8.30. The van der Waals surface area contributed by atoms with E-state index in [2.05, 4.69) is 28.1 Å². The predicted molar refractivity (Wildman–Crippen MR) is 112 cm³/mol. The number of hydrogen-bond donors (Lipinski definition) is 3. The summed E-state index contributed by atoms with van der Waals surface area (Å²) in [6, 6.07) is 5.26. The van der Waals surface area contributed by atoms with Crippen molar-refractivity contribution in [1.82, 2.24) is 10.6 Å². The summed E-state index contributed by atoms with van der Waals surface area (Å²) in [7, 11) is 0. The van der Waals surface area contributed by atoms with Crippen LogP contribution in [0.25, 0.3) is 0 Å². The van der Waals surface area contributed by atoms with Gasteiger partial charge in [0.1, 0.15) is 6.04 Å². The van der Waals surface area contributed by atoms with Crippen molar-refractivity contribution in [3.05, 3.63) is 36.4 Å². The number of allylic oxidation sites excluding steroid dienone is 2. The fourth-order valence-electron chi connectivity index (χ4n) is 4.64. The zero-order valence-electron chi connectivity index (χ0n) is 16.9. The van der Waals surface area contributed by atoms with Gasteiger partial charge in [-0.2, -0.15) is 0 Å². The minimum Gasteiger partial charge on any atom is -0.356 e. The highest BCUT2D eigenvalue weighted by Crippen LogP contribution is 2.42. The molecule has 158 valence electrons. The van der Waals surface area contributed by atoms with E-state index < -0.39 is 18.0 Å². The van der Waals surface area contributed by atoms with Crippen LogP contribution in [0.2, 0.25) is 0 Å². The SMILES string of the molecule is CC(=O)Nc1cccc(N2C(=O)NC(CCC(=O)NCC3CC4C=CC3C4)C2=O)c1. The Bertz CT molecular complexity index is 912. The van der Waals surface area contributed by atoms with Crippen LogP contribution in [0.15, 0.2) is 36.4 Å². The number of anilines is 2. The van der Waals surface area contributed by atoms with Crippen LogP contribution in [0, 0.1) is 17.8 Å². The van der Waals surface area contributed by atoms with Gasteiger partial charge in [-0.1, -0.05) is 18.2 Å². The number of fused-ring (bicyclic) bond motifs is 2. The van der Waals surface area contributed by atoms with E-state index >= 15 is 0 Å². The second-order valence-corrected chi connectivity index (χ2v) is 8.29. The van der Waals surface area contributed by atoms with Crippen LogP contribution in [0.5, 0.6) is 0 Å². The van der Waals surface area contributed by atoms with E-state index in [-0.39, 0.29) is 24.7 Å². The molecule has 1 heterocycles. The van der Waals surface area contributed by atoms with Crippen molar-refractivity contribution in [3.8, 4) is 0 Å². The number of nitrogens with zero attached hydrogens (tertiary/aromatic N) is 1. The van der Waals surface area contributed by atoms with E-state index in [4.69, 9.17) is 0 Å². The van der Waals surface area contributed by atoms with Crippen LogP contribution >= 0.6 is 0 Å². The van der Waals surface area contributed by atoms with Gasteiger partial charge in [0.25, 0.3) is 5.91 Å². The van der Waals surface area contributed by atoms with Crippen LogP contribution in [-0.4, -0.2) is 36.3 Å². The average molecular weight is 410 g/mol. The summed E-state index contributed by atoms with van der Waals surface area (Å²) < 4.78 is 0. The second-order valence-electron chi connectivity index (χ2n) is 8.29. The molecule has 30 heavy (non-hydrogen) atoms. The van der Waals surface area contributed by atoms with Gasteiger partial charge < -0.3 is 16.0 Å². The number of nitrogens with one attached hydrogen (secondary N) is 3. The first-order valence-electron chi connectivity index (χ1n) is 10.4. The molecule has 3 N–H and O–H groups in total. The summed E-state index contributed by atoms with van der Waals surface area (Å²) in [5.41, 5.74) is 0.874. The Labute approximate surface area is 175 Å². The van der Waals surface area contributed by atoms with Crippen molar-refractivity contribution in [2.45, 2.75) is 38.6 Å². The van der Waals surface area contributed by atoms with Crippen LogP contribution in [0.1, 0.15) is 32.6 Å². The number of rotatable bonds is 7. The van der Waals surface area contributed by atoms with Crippen LogP contribution < -0.4 is 20.9 Å². The molecule has 2 aliphatic carbocycles. The van der Waals surface area contributed by atoms with Gasteiger partial charge in [0, 0.05) is 25.6 Å². The Hall–Kier alpha value is -3.16. The van der Waals surface area contributed by atoms with Gasteiger partial charge in [-0.05, 0) is 55.2 Å². The highest BCUT2D eigenvalue weighted by Gasteiger charge is 2.39. The summed E-state index contributed by atoms with van der Waals surface area (Å²) >= 11 is 0. The molecule has 0 radical (unpaired) electrons.